The van der Waals surface area contributed by atoms with Crippen molar-refractivity contribution in [2.24, 2.45) is 5.92 Å². The van der Waals surface area contributed by atoms with Crippen LogP contribution in [-0.2, 0) is 25.1 Å². The van der Waals surface area contributed by atoms with E-state index in [4.69, 9.17) is 16.6 Å². The number of aryl methyl sites for hydroxylation is 1. The van der Waals surface area contributed by atoms with E-state index >= 15 is 0 Å². The minimum Gasteiger partial charge on any atom is -0.287 e. The predicted molar refractivity (Wildman–Crippen MR) is 127 cm³/mol. The lowest BCUT2D eigenvalue weighted by Crippen LogP contribution is -2.23. The molecule has 6 nitrogen and oxygen atoms in total. The van der Waals surface area contributed by atoms with Crippen LogP contribution in [0.1, 0.15) is 36.4 Å². The fourth-order valence-corrected chi connectivity index (χ4v) is 6.67. The van der Waals surface area contributed by atoms with Crippen LogP contribution in [0.25, 0.3) is 15.9 Å². The monoisotopic (exact) mass is 472 g/mol. The molecule has 1 atom stereocenters. The smallest absolute Gasteiger partial charge is 0.263 e. The second-order valence-corrected chi connectivity index (χ2v) is 10.4. The molecule has 0 aromatic carbocycles. The predicted octanol–water partition coefficient (Wildman–Crippen LogP) is 4.56. The third-order valence-electron chi connectivity index (χ3n) is 5.72. The molecule has 0 N–H and O–H groups in total. The van der Waals surface area contributed by atoms with Crippen molar-refractivity contribution in [1.29, 1.82) is 0 Å². The first-order chi connectivity index (χ1) is 14.9. The summed E-state index contributed by atoms with van der Waals surface area (Å²) in [5.41, 5.74) is 2.26. The average molecular weight is 473 g/mol. The highest BCUT2D eigenvalue weighted by atomic mass is 35.5. The Labute approximate surface area is 191 Å². The van der Waals surface area contributed by atoms with Gasteiger partial charge in [-0.05, 0) is 49.8 Å². The first kappa shape index (κ1) is 20.7. The van der Waals surface area contributed by atoms with Crippen LogP contribution in [0.4, 0.5) is 0 Å². The summed E-state index contributed by atoms with van der Waals surface area (Å²) in [7, 11) is 0. The number of aromatic nitrogens is 4. The van der Waals surface area contributed by atoms with Gasteiger partial charge in [0.25, 0.3) is 11.1 Å². The Morgan fingerprint density at radius 2 is 2.13 bits per heavy atom. The zero-order chi connectivity index (χ0) is 21.7. The molecule has 0 saturated heterocycles. The number of hydrogen-bond donors (Lipinski definition) is 0. The van der Waals surface area contributed by atoms with Crippen LogP contribution in [0.3, 0.4) is 0 Å². The third kappa shape index (κ3) is 3.70. The normalized spacial score (nSPS) is 16.2. The molecule has 4 aromatic rings. The molecule has 4 aromatic heterocycles. The number of fused-ring (bicyclic) bond motifs is 4. The summed E-state index contributed by atoms with van der Waals surface area (Å²) in [6.07, 6.45) is 4.67. The largest absolute Gasteiger partial charge is 0.287 e. The Morgan fingerprint density at radius 1 is 1.29 bits per heavy atom. The molecule has 1 aliphatic carbocycles. The van der Waals surface area contributed by atoms with Crippen molar-refractivity contribution in [3.05, 3.63) is 66.3 Å². The molecule has 9 heteroatoms. The van der Waals surface area contributed by atoms with E-state index in [1.165, 1.54) is 32.7 Å². The number of thiophene rings is 1. The summed E-state index contributed by atoms with van der Waals surface area (Å²) in [6.45, 7) is 4.78. The van der Waals surface area contributed by atoms with E-state index in [1.54, 1.807) is 34.2 Å². The van der Waals surface area contributed by atoms with E-state index in [1.807, 2.05) is 6.92 Å². The molecule has 4 heterocycles. The minimum absolute atomic E-state index is 0.0447. The van der Waals surface area contributed by atoms with E-state index in [0.29, 0.717) is 39.7 Å². The molecular formula is C22H21ClN4O2S2. The number of nitrogens with zero attached hydrogens (tertiary/aromatic N) is 4. The van der Waals surface area contributed by atoms with Crippen molar-refractivity contribution < 1.29 is 0 Å². The Morgan fingerprint density at radius 3 is 2.94 bits per heavy atom. The maximum atomic E-state index is 13.3. The van der Waals surface area contributed by atoms with Crippen LogP contribution in [0.5, 0.6) is 0 Å². The second kappa shape index (κ2) is 8.07. The summed E-state index contributed by atoms with van der Waals surface area (Å²) in [5, 5.41) is 1.96. The Bertz CT molecular complexity index is 1440. The maximum absolute atomic E-state index is 13.3. The van der Waals surface area contributed by atoms with Gasteiger partial charge in [-0.1, -0.05) is 30.3 Å². The van der Waals surface area contributed by atoms with Crippen molar-refractivity contribution >= 4 is 50.6 Å². The lowest BCUT2D eigenvalue weighted by atomic mass is 9.89. The molecule has 1 aliphatic rings. The van der Waals surface area contributed by atoms with E-state index in [0.717, 1.165) is 29.5 Å². The molecule has 0 fully saturated rings. The number of halogens is 1. The van der Waals surface area contributed by atoms with Crippen molar-refractivity contribution in [2.45, 2.75) is 50.6 Å². The van der Waals surface area contributed by atoms with Crippen molar-refractivity contribution in [3.63, 3.8) is 0 Å². The molecule has 0 spiro atoms. The highest BCUT2D eigenvalue weighted by Crippen LogP contribution is 2.36. The van der Waals surface area contributed by atoms with Gasteiger partial charge in [0.15, 0.2) is 5.16 Å². The first-order valence-electron chi connectivity index (χ1n) is 10.3. The molecule has 5 rings (SSSR count). The molecule has 0 saturated carbocycles. The van der Waals surface area contributed by atoms with Crippen LogP contribution < -0.4 is 11.1 Å². The summed E-state index contributed by atoms with van der Waals surface area (Å²) < 4.78 is 3.17. The second-order valence-electron chi connectivity index (χ2n) is 7.93. The molecule has 0 amide bonds. The quantitative estimate of drug-likeness (QED) is 0.322. The fourth-order valence-electron chi connectivity index (χ4n) is 4.13. The van der Waals surface area contributed by atoms with Gasteiger partial charge in [-0.2, -0.15) is 0 Å². The molecule has 160 valence electrons. The lowest BCUT2D eigenvalue weighted by molar-refractivity contribution is 0.509. The maximum Gasteiger partial charge on any atom is 0.263 e. The van der Waals surface area contributed by atoms with Gasteiger partial charge in [-0.15, -0.1) is 11.3 Å². The standard InChI is InChI=1S/C22H21ClN4O2S2/c1-3-26-21(29)19-15-6-4-12(2)8-16(15)31-20(19)25-22(26)30-11-14-9-18(28)27-10-13(23)5-7-17(27)24-14/h5,7,9-10,12H,3-4,6,8,11H2,1-2H3. The van der Waals surface area contributed by atoms with Crippen LogP contribution in [-0.4, -0.2) is 18.9 Å². The van der Waals surface area contributed by atoms with Gasteiger partial charge in [0.2, 0.25) is 0 Å². The van der Waals surface area contributed by atoms with Crippen LogP contribution in [0.2, 0.25) is 5.02 Å². The van der Waals surface area contributed by atoms with Crippen molar-refractivity contribution in [2.75, 3.05) is 0 Å². The average Bonchev–Trinajstić information content (AvgIpc) is 3.10. The summed E-state index contributed by atoms with van der Waals surface area (Å²) in [6, 6.07) is 4.94. The minimum atomic E-state index is -0.181. The van der Waals surface area contributed by atoms with Crippen LogP contribution in [0, 0.1) is 5.92 Å². The Balaban J connectivity index is 1.52. The Kier molecular flexibility index (Phi) is 5.40. The van der Waals surface area contributed by atoms with Crippen LogP contribution >= 0.6 is 34.7 Å². The summed E-state index contributed by atoms with van der Waals surface area (Å²) in [4.78, 5) is 37.3. The zero-order valence-corrected chi connectivity index (χ0v) is 19.6. The molecule has 0 radical (unpaired) electrons. The van der Waals surface area contributed by atoms with Gasteiger partial charge in [-0.25, -0.2) is 9.97 Å². The van der Waals surface area contributed by atoms with Gasteiger partial charge in [0.1, 0.15) is 10.5 Å². The van der Waals surface area contributed by atoms with E-state index in [-0.39, 0.29) is 11.1 Å². The third-order valence-corrected chi connectivity index (χ3v) is 8.10. The van der Waals surface area contributed by atoms with Crippen molar-refractivity contribution in [1.82, 2.24) is 18.9 Å². The van der Waals surface area contributed by atoms with Gasteiger partial charge < -0.3 is 0 Å². The number of hydrogen-bond acceptors (Lipinski definition) is 6. The van der Waals surface area contributed by atoms with E-state index in [2.05, 4.69) is 11.9 Å². The van der Waals surface area contributed by atoms with Gasteiger partial charge in [-0.3, -0.25) is 18.6 Å². The van der Waals surface area contributed by atoms with E-state index < -0.39 is 0 Å². The van der Waals surface area contributed by atoms with Crippen molar-refractivity contribution in [3.8, 4) is 0 Å². The Hall–Kier alpha value is -2.16. The van der Waals surface area contributed by atoms with Gasteiger partial charge >= 0.3 is 0 Å². The number of thioether (sulfide) groups is 1. The van der Waals surface area contributed by atoms with Gasteiger partial charge in [0.05, 0.1) is 16.1 Å². The van der Waals surface area contributed by atoms with Gasteiger partial charge in [0, 0.05) is 29.4 Å². The van der Waals surface area contributed by atoms with Crippen LogP contribution in [0.15, 0.2) is 39.1 Å². The summed E-state index contributed by atoms with van der Waals surface area (Å²) in [5.74, 6) is 1.10. The van der Waals surface area contributed by atoms with E-state index in [9.17, 15) is 9.59 Å². The molecule has 1 unspecified atom stereocenters. The molecule has 0 bridgehead atoms. The lowest BCUT2D eigenvalue weighted by Gasteiger charge is -2.17. The zero-order valence-electron chi connectivity index (χ0n) is 17.2. The molecule has 31 heavy (non-hydrogen) atoms. The number of pyridine rings is 1. The molecule has 0 aliphatic heterocycles. The molecular weight excluding hydrogens is 452 g/mol. The summed E-state index contributed by atoms with van der Waals surface area (Å²) >= 11 is 9.08. The highest BCUT2D eigenvalue weighted by Gasteiger charge is 2.24. The number of rotatable bonds is 4. The highest BCUT2D eigenvalue weighted by molar-refractivity contribution is 7.98. The topological polar surface area (TPSA) is 69.3 Å². The SMILES string of the molecule is CCn1c(SCc2cc(=O)n3cc(Cl)ccc3n2)nc2sc3c(c2c1=O)CCC(C)C3. The fraction of sp³-hybridized carbons (Fsp3) is 0.364. The first-order valence-corrected chi connectivity index (χ1v) is 12.5.